The van der Waals surface area contributed by atoms with Crippen molar-refractivity contribution in [2.45, 2.75) is 95.9 Å². The Morgan fingerprint density at radius 3 is 2.09 bits per heavy atom. The Morgan fingerprint density at radius 1 is 0.818 bits per heavy atom. The molecule has 0 aromatic carbocycles. The van der Waals surface area contributed by atoms with Crippen LogP contribution >= 0.6 is 0 Å². The summed E-state index contributed by atoms with van der Waals surface area (Å²) in [6.45, 7) is 6.88. The Bertz CT molecular complexity index is 553. The van der Waals surface area contributed by atoms with Crippen molar-refractivity contribution in [1.82, 2.24) is 15.5 Å². The fraction of sp³-hybridized carbons (Fsp3) is 1.00. The summed E-state index contributed by atoms with van der Waals surface area (Å²) in [6.07, 6.45) is 21.1. The normalized spacial score (nSPS) is 39.0. The maximum Gasteiger partial charge on any atom is 0.0555 e. The Morgan fingerprint density at radius 2 is 1.52 bits per heavy atom. The minimum Gasteiger partial charge on any atom is -0.395 e. The van der Waals surface area contributed by atoms with Gasteiger partial charge in [-0.3, -0.25) is 0 Å². The lowest BCUT2D eigenvalue weighted by Crippen LogP contribution is -2.44. The van der Waals surface area contributed by atoms with E-state index in [1.807, 2.05) is 0 Å². The maximum atomic E-state index is 8.97. The van der Waals surface area contributed by atoms with Crippen LogP contribution in [0.4, 0.5) is 0 Å². The van der Waals surface area contributed by atoms with Gasteiger partial charge >= 0.3 is 0 Å². The van der Waals surface area contributed by atoms with Gasteiger partial charge in [-0.25, -0.2) is 0 Å². The van der Waals surface area contributed by atoms with Crippen LogP contribution in [0.15, 0.2) is 0 Å². The third-order valence-electron chi connectivity index (χ3n) is 10.7. The van der Waals surface area contributed by atoms with Gasteiger partial charge in [0, 0.05) is 32.2 Å². The number of rotatable bonds is 14. The van der Waals surface area contributed by atoms with Crippen molar-refractivity contribution in [2.24, 2.45) is 41.4 Å². The molecule has 4 saturated carbocycles. The summed E-state index contributed by atoms with van der Waals surface area (Å²) in [7, 11) is 0. The predicted molar refractivity (Wildman–Crippen MR) is 137 cm³/mol. The lowest BCUT2D eigenvalue weighted by molar-refractivity contribution is 0.166. The summed E-state index contributed by atoms with van der Waals surface area (Å²) in [6, 6.07) is 0.768. The summed E-state index contributed by atoms with van der Waals surface area (Å²) in [5.41, 5.74) is 0. The minimum absolute atomic E-state index is 0.248. The zero-order chi connectivity index (χ0) is 22.5. The van der Waals surface area contributed by atoms with Crippen LogP contribution in [0.25, 0.3) is 0 Å². The molecule has 0 aromatic heterocycles. The average molecular weight is 460 g/mol. The Kier molecular flexibility index (Phi) is 9.06. The number of fused-ring (bicyclic) bond motifs is 4. The fourth-order valence-electron chi connectivity index (χ4n) is 8.93. The first-order chi connectivity index (χ1) is 16.3. The molecule has 4 heteroatoms. The van der Waals surface area contributed by atoms with E-state index < -0.39 is 0 Å². The number of aliphatic hydroxyl groups excluding tert-OH is 1. The first-order valence-electron chi connectivity index (χ1n) is 15.0. The van der Waals surface area contributed by atoms with E-state index in [0.717, 1.165) is 67.1 Å². The molecule has 0 radical (unpaired) electrons. The molecule has 0 aromatic rings. The van der Waals surface area contributed by atoms with Crippen molar-refractivity contribution >= 4 is 0 Å². The van der Waals surface area contributed by atoms with Gasteiger partial charge in [0.25, 0.3) is 0 Å². The quantitative estimate of drug-likeness (QED) is 0.330. The Hall–Kier alpha value is -0.160. The molecule has 0 spiro atoms. The smallest absolute Gasteiger partial charge is 0.0555 e. The molecule has 5 rings (SSSR count). The average Bonchev–Trinajstić information content (AvgIpc) is 3.64. The monoisotopic (exact) mass is 459 g/mol. The van der Waals surface area contributed by atoms with Gasteiger partial charge in [0.15, 0.2) is 0 Å². The van der Waals surface area contributed by atoms with Gasteiger partial charge in [0.1, 0.15) is 0 Å². The van der Waals surface area contributed by atoms with E-state index in [1.54, 1.807) is 51.4 Å². The number of hydrogen-bond donors (Lipinski definition) is 3. The molecule has 4 nitrogen and oxygen atoms in total. The summed E-state index contributed by atoms with van der Waals surface area (Å²) in [5, 5.41) is 16.5. The first-order valence-corrected chi connectivity index (χ1v) is 15.0. The van der Waals surface area contributed by atoms with E-state index >= 15 is 0 Å². The molecule has 1 aliphatic heterocycles. The van der Waals surface area contributed by atoms with Crippen LogP contribution in [0, 0.1) is 41.4 Å². The van der Waals surface area contributed by atoms with Gasteiger partial charge in [-0.2, -0.15) is 0 Å². The zero-order valence-electron chi connectivity index (χ0n) is 21.4. The van der Waals surface area contributed by atoms with E-state index in [2.05, 4.69) is 15.5 Å². The standard InChI is InChI=1S/C29H53N3O/c33-15-12-30-11-14-32-13-1-2-24(21-32)20-31-29(9-7-27-18-22-3-5-25(27)16-22)10-8-28-19-23-4-6-26(28)17-23/h22-31,33H,1-21H2. The van der Waals surface area contributed by atoms with Crippen LogP contribution in [0.5, 0.6) is 0 Å². The number of aliphatic hydroxyl groups is 1. The zero-order valence-corrected chi connectivity index (χ0v) is 21.4. The lowest BCUT2D eigenvalue weighted by atomic mass is 9.82. The predicted octanol–water partition coefficient (Wildman–Crippen LogP) is 4.67. The molecule has 1 heterocycles. The van der Waals surface area contributed by atoms with Gasteiger partial charge in [-0.15, -0.1) is 0 Å². The van der Waals surface area contributed by atoms with Gasteiger partial charge in [0.2, 0.25) is 0 Å². The molecule has 4 bridgehead atoms. The molecule has 0 amide bonds. The largest absolute Gasteiger partial charge is 0.395 e. The molecule has 190 valence electrons. The summed E-state index contributed by atoms with van der Waals surface area (Å²) in [5.74, 6) is 7.32. The number of nitrogens with zero attached hydrogens (tertiary/aromatic N) is 1. The molecule has 33 heavy (non-hydrogen) atoms. The van der Waals surface area contributed by atoms with Crippen LogP contribution in [0.3, 0.4) is 0 Å². The van der Waals surface area contributed by atoms with Crippen LogP contribution in [0.1, 0.15) is 89.9 Å². The molecule has 5 aliphatic rings. The third-order valence-corrected chi connectivity index (χ3v) is 10.7. The van der Waals surface area contributed by atoms with Crippen molar-refractivity contribution < 1.29 is 5.11 Å². The van der Waals surface area contributed by atoms with Crippen molar-refractivity contribution in [2.75, 3.05) is 45.9 Å². The van der Waals surface area contributed by atoms with E-state index in [1.165, 1.54) is 58.2 Å². The Balaban J connectivity index is 1.06. The highest BCUT2D eigenvalue weighted by Gasteiger charge is 2.40. The second-order valence-corrected chi connectivity index (χ2v) is 12.9. The van der Waals surface area contributed by atoms with Gasteiger partial charge in [-0.1, -0.05) is 12.8 Å². The van der Waals surface area contributed by atoms with E-state index in [9.17, 15) is 0 Å². The minimum atomic E-state index is 0.248. The first kappa shape index (κ1) is 24.5. The fourth-order valence-corrected chi connectivity index (χ4v) is 8.93. The van der Waals surface area contributed by atoms with Crippen LogP contribution < -0.4 is 10.6 Å². The molecule has 1 saturated heterocycles. The highest BCUT2D eigenvalue weighted by atomic mass is 16.3. The molecule has 7 unspecified atom stereocenters. The highest BCUT2D eigenvalue weighted by Crippen LogP contribution is 2.51. The molecule has 3 N–H and O–H groups in total. The number of hydrogen-bond acceptors (Lipinski definition) is 4. The van der Waals surface area contributed by atoms with Crippen molar-refractivity contribution in [3.8, 4) is 0 Å². The second-order valence-electron chi connectivity index (χ2n) is 12.9. The van der Waals surface area contributed by atoms with Gasteiger partial charge in [0.05, 0.1) is 6.61 Å². The van der Waals surface area contributed by atoms with Gasteiger partial charge in [-0.05, 0) is 132 Å². The van der Waals surface area contributed by atoms with E-state index in [0.29, 0.717) is 0 Å². The summed E-state index contributed by atoms with van der Waals surface area (Å²) < 4.78 is 0. The molecular formula is C29H53N3O. The van der Waals surface area contributed by atoms with Crippen molar-refractivity contribution in [3.63, 3.8) is 0 Å². The van der Waals surface area contributed by atoms with E-state index in [4.69, 9.17) is 5.11 Å². The maximum absolute atomic E-state index is 8.97. The van der Waals surface area contributed by atoms with Crippen molar-refractivity contribution in [1.29, 1.82) is 0 Å². The van der Waals surface area contributed by atoms with Crippen molar-refractivity contribution in [3.05, 3.63) is 0 Å². The topological polar surface area (TPSA) is 47.5 Å². The van der Waals surface area contributed by atoms with Gasteiger partial charge < -0.3 is 20.6 Å². The molecule has 5 fully saturated rings. The molecule has 7 atom stereocenters. The molecular weight excluding hydrogens is 406 g/mol. The SMILES string of the molecule is OCCNCCN1CCCC(CNC(CCC2CC3CCC2C3)CCC2CC3CCC2C3)C1. The highest BCUT2D eigenvalue weighted by molar-refractivity contribution is 4.92. The number of nitrogens with one attached hydrogen (secondary N) is 2. The van der Waals surface area contributed by atoms with Crippen LogP contribution in [-0.2, 0) is 0 Å². The lowest BCUT2D eigenvalue weighted by Gasteiger charge is -2.34. The number of likely N-dealkylation sites (tertiary alicyclic amines) is 1. The third kappa shape index (κ3) is 6.74. The van der Waals surface area contributed by atoms with Crippen LogP contribution in [0.2, 0.25) is 0 Å². The molecule has 4 aliphatic carbocycles. The number of piperidine rings is 1. The van der Waals surface area contributed by atoms with E-state index in [-0.39, 0.29) is 6.61 Å². The summed E-state index contributed by atoms with van der Waals surface area (Å²) in [4.78, 5) is 2.65. The second kappa shape index (κ2) is 12.2. The van der Waals surface area contributed by atoms with Crippen LogP contribution in [-0.4, -0.2) is 61.9 Å². The Labute approximate surface area is 204 Å². The summed E-state index contributed by atoms with van der Waals surface area (Å²) >= 11 is 0.